The summed E-state index contributed by atoms with van der Waals surface area (Å²) in [6, 6.07) is 5.01. The third-order valence-corrected chi connectivity index (χ3v) is 4.64. The van der Waals surface area contributed by atoms with Crippen molar-refractivity contribution in [1.82, 2.24) is 9.78 Å². The van der Waals surface area contributed by atoms with Gasteiger partial charge in [-0.25, -0.2) is 4.39 Å². The molecule has 6 nitrogen and oxygen atoms in total. The van der Waals surface area contributed by atoms with Crippen LogP contribution in [0.2, 0.25) is 0 Å². The summed E-state index contributed by atoms with van der Waals surface area (Å²) < 4.78 is 16.0. The van der Waals surface area contributed by atoms with Crippen molar-refractivity contribution in [1.29, 1.82) is 0 Å². The van der Waals surface area contributed by atoms with Gasteiger partial charge >= 0.3 is 0 Å². The first kappa shape index (κ1) is 17.3. The van der Waals surface area contributed by atoms with Crippen LogP contribution in [-0.2, 0) is 11.8 Å². The average molecular weight is 345 g/mol. The van der Waals surface area contributed by atoms with Crippen LogP contribution in [0.5, 0.6) is 0 Å². The number of amides is 1. The number of hydrogen-bond acceptors (Lipinski definition) is 4. The molecule has 0 radical (unpaired) electrons. The Kier molecular flexibility index (Phi) is 4.92. The number of nitrogens with one attached hydrogen (secondary N) is 2. The quantitative estimate of drug-likeness (QED) is 0.875. The van der Waals surface area contributed by atoms with Crippen molar-refractivity contribution in [3.05, 3.63) is 35.4 Å². The van der Waals surface area contributed by atoms with Gasteiger partial charge in [0.1, 0.15) is 5.82 Å². The molecular formula is C18H24FN5O. The summed E-state index contributed by atoms with van der Waals surface area (Å²) in [5.74, 6) is -0.569. The van der Waals surface area contributed by atoms with Crippen molar-refractivity contribution in [3.63, 3.8) is 0 Å². The summed E-state index contributed by atoms with van der Waals surface area (Å²) in [4.78, 5) is 14.4. The summed E-state index contributed by atoms with van der Waals surface area (Å²) in [6.45, 7) is 5.57. The number of carbonyl (C=O) groups excluding carboxylic acids is 1. The third kappa shape index (κ3) is 3.60. The molecule has 7 heteroatoms. The minimum Gasteiger partial charge on any atom is -0.372 e. The SMILES string of the molecule is Cc1nn(C)c(C)c1NC(=O)CNc1c(F)cccc1N1CCCC1. The zero-order chi connectivity index (χ0) is 18.0. The van der Waals surface area contributed by atoms with Crippen molar-refractivity contribution in [2.75, 3.05) is 35.2 Å². The average Bonchev–Trinajstić information content (AvgIpc) is 3.18. The smallest absolute Gasteiger partial charge is 0.243 e. The van der Waals surface area contributed by atoms with Gasteiger partial charge in [0.05, 0.1) is 35.0 Å². The monoisotopic (exact) mass is 345 g/mol. The van der Waals surface area contributed by atoms with E-state index in [0.29, 0.717) is 11.4 Å². The first-order valence-corrected chi connectivity index (χ1v) is 8.54. The Bertz CT molecular complexity index is 780. The molecule has 1 aromatic heterocycles. The van der Waals surface area contributed by atoms with Crippen LogP contribution in [-0.4, -0.2) is 35.3 Å². The Morgan fingerprint density at radius 3 is 2.60 bits per heavy atom. The van der Waals surface area contributed by atoms with Gasteiger partial charge < -0.3 is 15.5 Å². The van der Waals surface area contributed by atoms with Gasteiger partial charge in [-0.1, -0.05) is 6.07 Å². The zero-order valence-electron chi connectivity index (χ0n) is 14.9. The highest BCUT2D eigenvalue weighted by atomic mass is 19.1. The fourth-order valence-electron chi connectivity index (χ4n) is 3.22. The van der Waals surface area contributed by atoms with Gasteiger partial charge in [-0.05, 0) is 38.8 Å². The Morgan fingerprint density at radius 2 is 1.96 bits per heavy atom. The maximum Gasteiger partial charge on any atom is 0.243 e. The maximum absolute atomic E-state index is 14.3. The number of para-hydroxylation sites is 1. The van der Waals surface area contributed by atoms with Gasteiger partial charge in [-0.15, -0.1) is 0 Å². The number of aromatic nitrogens is 2. The largest absolute Gasteiger partial charge is 0.372 e. The van der Waals surface area contributed by atoms with Gasteiger partial charge in [0.25, 0.3) is 0 Å². The van der Waals surface area contributed by atoms with Crippen LogP contribution in [0.15, 0.2) is 18.2 Å². The number of halogens is 1. The lowest BCUT2D eigenvalue weighted by Crippen LogP contribution is -2.25. The molecule has 0 bridgehead atoms. The standard InChI is InChI=1S/C18H24FN5O/c1-12-17(13(2)23(3)22-12)21-16(25)11-20-18-14(19)7-6-8-15(18)24-9-4-5-10-24/h6-8,20H,4-5,9-11H2,1-3H3,(H,21,25). The summed E-state index contributed by atoms with van der Waals surface area (Å²) in [5, 5.41) is 10.1. The Balaban J connectivity index is 1.70. The Labute approximate surface area is 147 Å². The van der Waals surface area contributed by atoms with E-state index >= 15 is 0 Å². The lowest BCUT2D eigenvalue weighted by molar-refractivity contribution is -0.114. The Morgan fingerprint density at radius 1 is 1.24 bits per heavy atom. The molecule has 0 spiro atoms. The molecule has 1 saturated heterocycles. The van der Waals surface area contributed by atoms with Crippen LogP contribution >= 0.6 is 0 Å². The molecule has 0 aliphatic carbocycles. The van der Waals surface area contributed by atoms with Crippen molar-refractivity contribution < 1.29 is 9.18 Å². The van der Waals surface area contributed by atoms with Crippen LogP contribution in [0.1, 0.15) is 24.2 Å². The van der Waals surface area contributed by atoms with Crippen LogP contribution in [0.25, 0.3) is 0 Å². The molecule has 0 unspecified atom stereocenters. The van der Waals surface area contributed by atoms with Crippen LogP contribution in [0.3, 0.4) is 0 Å². The predicted molar refractivity (Wildman–Crippen MR) is 97.6 cm³/mol. The van der Waals surface area contributed by atoms with Crippen LogP contribution in [0, 0.1) is 19.7 Å². The van der Waals surface area contributed by atoms with E-state index in [1.54, 1.807) is 10.7 Å². The second kappa shape index (κ2) is 7.13. The summed E-state index contributed by atoms with van der Waals surface area (Å²) in [5.41, 5.74) is 3.56. The third-order valence-electron chi connectivity index (χ3n) is 4.64. The highest BCUT2D eigenvalue weighted by Crippen LogP contribution is 2.31. The zero-order valence-corrected chi connectivity index (χ0v) is 14.9. The molecule has 3 rings (SSSR count). The minimum atomic E-state index is -0.342. The molecule has 1 aliphatic heterocycles. The van der Waals surface area contributed by atoms with Gasteiger partial charge in [-0.3, -0.25) is 9.48 Å². The van der Waals surface area contributed by atoms with E-state index in [4.69, 9.17) is 0 Å². The van der Waals surface area contributed by atoms with Crippen molar-refractivity contribution >= 4 is 23.0 Å². The number of carbonyl (C=O) groups is 1. The number of benzene rings is 1. The van der Waals surface area contributed by atoms with E-state index in [0.717, 1.165) is 43.0 Å². The number of nitrogens with zero attached hydrogens (tertiary/aromatic N) is 3. The van der Waals surface area contributed by atoms with Gasteiger partial charge in [0.15, 0.2) is 0 Å². The van der Waals surface area contributed by atoms with E-state index in [-0.39, 0.29) is 18.3 Å². The van der Waals surface area contributed by atoms with E-state index in [1.807, 2.05) is 27.0 Å². The molecule has 2 N–H and O–H groups in total. The fraction of sp³-hybridized carbons (Fsp3) is 0.444. The predicted octanol–water partition coefficient (Wildman–Crippen LogP) is 2.83. The van der Waals surface area contributed by atoms with Crippen LogP contribution in [0.4, 0.5) is 21.5 Å². The van der Waals surface area contributed by atoms with Crippen molar-refractivity contribution in [2.45, 2.75) is 26.7 Å². The second-order valence-corrected chi connectivity index (χ2v) is 6.40. The molecule has 2 heterocycles. The van der Waals surface area contributed by atoms with Gasteiger partial charge in [0.2, 0.25) is 5.91 Å². The normalized spacial score (nSPS) is 14.0. The number of hydrogen-bond donors (Lipinski definition) is 2. The number of anilines is 3. The van der Waals surface area contributed by atoms with E-state index in [9.17, 15) is 9.18 Å². The molecule has 134 valence electrons. The van der Waals surface area contributed by atoms with Crippen LogP contribution < -0.4 is 15.5 Å². The molecule has 1 amide bonds. The van der Waals surface area contributed by atoms with E-state index < -0.39 is 0 Å². The highest BCUT2D eigenvalue weighted by molar-refractivity contribution is 5.95. The summed E-state index contributed by atoms with van der Waals surface area (Å²) >= 11 is 0. The van der Waals surface area contributed by atoms with Gasteiger partial charge in [0, 0.05) is 20.1 Å². The highest BCUT2D eigenvalue weighted by Gasteiger charge is 2.19. The minimum absolute atomic E-state index is 0.00442. The molecule has 1 fully saturated rings. The molecular weight excluding hydrogens is 321 g/mol. The lowest BCUT2D eigenvalue weighted by atomic mass is 10.2. The first-order valence-electron chi connectivity index (χ1n) is 8.54. The number of aryl methyl sites for hydroxylation is 2. The van der Waals surface area contributed by atoms with E-state index in [1.165, 1.54) is 6.07 Å². The molecule has 0 saturated carbocycles. The second-order valence-electron chi connectivity index (χ2n) is 6.40. The topological polar surface area (TPSA) is 62.2 Å². The van der Waals surface area contributed by atoms with Gasteiger partial charge in [-0.2, -0.15) is 5.10 Å². The fourth-order valence-corrected chi connectivity index (χ4v) is 3.22. The van der Waals surface area contributed by atoms with E-state index in [2.05, 4.69) is 20.6 Å². The molecule has 1 aromatic carbocycles. The summed E-state index contributed by atoms with van der Waals surface area (Å²) in [6.07, 6.45) is 2.21. The molecule has 2 aromatic rings. The maximum atomic E-state index is 14.3. The number of rotatable bonds is 5. The summed E-state index contributed by atoms with van der Waals surface area (Å²) in [7, 11) is 1.83. The molecule has 25 heavy (non-hydrogen) atoms. The molecule has 0 atom stereocenters. The first-order chi connectivity index (χ1) is 12.0. The Hall–Kier alpha value is -2.57. The van der Waals surface area contributed by atoms with Crippen molar-refractivity contribution in [2.24, 2.45) is 7.05 Å². The lowest BCUT2D eigenvalue weighted by Gasteiger charge is -2.22. The van der Waals surface area contributed by atoms with Crippen molar-refractivity contribution in [3.8, 4) is 0 Å². The molecule has 1 aliphatic rings.